The molecule has 1 fully saturated rings. The van der Waals surface area contributed by atoms with Gasteiger partial charge in [0.25, 0.3) is 5.69 Å². The van der Waals surface area contributed by atoms with Gasteiger partial charge in [0.1, 0.15) is 5.82 Å². The number of hydrogen-bond donors (Lipinski definition) is 1. The molecule has 0 aliphatic carbocycles. The van der Waals surface area contributed by atoms with Crippen molar-refractivity contribution in [1.29, 1.82) is 0 Å². The minimum Gasteiger partial charge on any atom is -0.373 e. The van der Waals surface area contributed by atoms with E-state index < -0.39 is 4.92 Å². The highest BCUT2D eigenvalue weighted by Gasteiger charge is 2.29. The van der Waals surface area contributed by atoms with Crippen LogP contribution in [0.1, 0.15) is 23.8 Å². The number of hydrogen-bond acceptors (Lipinski definition) is 6. The molecule has 29 heavy (non-hydrogen) atoms. The van der Waals surface area contributed by atoms with Crippen LogP contribution in [0.3, 0.4) is 0 Å². The minimum atomic E-state index is -0.414. The summed E-state index contributed by atoms with van der Waals surface area (Å²) in [6.45, 7) is 3.36. The zero-order chi connectivity index (χ0) is 20.2. The number of nitro groups is 1. The van der Waals surface area contributed by atoms with E-state index in [1.165, 1.54) is 17.7 Å². The molecule has 2 unspecified atom stereocenters. The van der Waals surface area contributed by atoms with Gasteiger partial charge in [0, 0.05) is 48.5 Å². The first-order valence-corrected chi connectivity index (χ1v) is 9.61. The van der Waals surface area contributed by atoms with E-state index in [0.29, 0.717) is 23.1 Å². The average Bonchev–Trinajstić information content (AvgIpc) is 3.21. The summed E-state index contributed by atoms with van der Waals surface area (Å²) in [5.74, 6) is 1.52. The van der Waals surface area contributed by atoms with Crippen molar-refractivity contribution >= 4 is 11.5 Å². The second-order valence-corrected chi connectivity index (χ2v) is 7.16. The highest BCUT2D eigenvalue weighted by molar-refractivity contribution is 5.61. The molecular weight excluding hydrogens is 368 g/mol. The predicted octanol–water partition coefficient (Wildman–Crippen LogP) is 4.55. The fraction of sp³-hybridized carbons (Fsp3) is 0.273. The van der Waals surface area contributed by atoms with Gasteiger partial charge in [0.15, 0.2) is 5.82 Å². The number of rotatable bonds is 6. The topological polar surface area (TPSA) is 90.2 Å². The minimum absolute atomic E-state index is 0.0240. The SMILES string of the molecule is Cc1cc(NCC2CCOC2c2ccccc2)nc(-c2cccc([N+](=O)[O-])c2)n1. The maximum absolute atomic E-state index is 11.1. The van der Waals surface area contributed by atoms with E-state index in [4.69, 9.17) is 4.74 Å². The largest absolute Gasteiger partial charge is 0.373 e. The number of aromatic nitrogens is 2. The van der Waals surface area contributed by atoms with Crippen LogP contribution in [0.4, 0.5) is 11.5 Å². The highest BCUT2D eigenvalue weighted by atomic mass is 16.6. The van der Waals surface area contributed by atoms with Gasteiger partial charge in [0.05, 0.1) is 11.0 Å². The molecule has 148 valence electrons. The molecule has 7 nitrogen and oxygen atoms in total. The summed E-state index contributed by atoms with van der Waals surface area (Å²) in [5, 5.41) is 14.5. The summed E-state index contributed by atoms with van der Waals surface area (Å²) >= 11 is 0. The lowest BCUT2D eigenvalue weighted by Crippen LogP contribution is -2.18. The molecule has 1 aliphatic heterocycles. The predicted molar refractivity (Wildman–Crippen MR) is 111 cm³/mol. The molecule has 3 aromatic rings. The fourth-order valence-electron chi connectivity index (χ4n) is 3.64. The number of nitro benzene ring substituents is 1. The zero-order valence-electron chi connectivity index (χ0n) is 16.1. The third-order valence-electron chi connectivity index (χ3n) is 5.06. The van der Waals surface area contributed by atoms with Gasteiger partial charge in [-0.05, 0) is 18.9 Å². The quantitative estimate of drug-likeness (QED) is 0.490. The summed E-state index contributed by atoms with van der Waals surface area (Å²) < 4.78 is 5.96. The van der Waals surface area contributed by atoms with Gasteiger partial charge in [-0.1, -0.05) is 42.5 Å². The first-order chi connectivity index (χ1) is 14.1. The number of aryl methyl sites for hydroxylation is 1. The molecule has 7 heteroatoms. The van der Waals surface area contributed by atoms with Crippen molar-refractivity contribution in [2.24, 2.45) is 5.92 Å². The van der Waals surface area contributed by atoms with Gasteiger partial charge < -0.3 is 10.1 Å². The Kier molecular flexibility index (Phi) is 5.48. The molecule has 0 radical (unpaired) electrons. The summed E-state index contributed by atoms with van der Waals surface area (Å²) in [6.07, 6.45) is 1.05. The number of anilines is 1. The van der Waals surface area contributed by atoms with E-state index in [0.717, 1.165) is 25.3 Å². The van der Waals surface area contributed by atoms with Crippen molar-refractivity contribution in [3.63, 3.8) is 0 Å². The monoisotopic (exact) mass is 390 g/mol. The Hall–Kier alpha value is -3.32. The molecule has 1 saturated heterocycles. The molecule has 1 aliphatic rings. The van der Waals surface area contributed by atoms with Gasteiger partial charge in [-0.3, -0.25) is 10.1 Å². The van der Waals surface area contributed by atoms with E-state index in [1.807, 2.05) is 31.2 Å². The lowest BCUT2D eigenvalue weighted by Gasteiger charge is -2.20. The zero-order valence-corrected chi connectivity index (χ0v) is 16.1. The van der Waals surface area contributed by atoms with Crippen molar-refractivity contribution in [2.45, 2.75) is 19.4 Å². The maximum Gasteiger partial charge on any atom is 0.270 e. The molecular formula is C22H22N4O3. The van der Waals surface area contributed by atoms with Crippen LogP contribution in [-0.4, -0.2) is 28.0 Å². The Morgan fingerprint density at radius 3 is 2.76 bits per heavy atom. The summed E-state index contributed by atoms with van der Waals surface area (Å²) in [7, 11) is 0. The van der Waals surface area contributed by atoms with Crippen molar-refractivity contribution in [3.8, 4) is 11.4 Å². The third-order valence-corrected chi connectivity index (χ3v) is 5.06. The van der Waals surface area contributed by atoms with Crippen LogP contribution in [-0.2, 0) is 4.74 Å². The standard InChI is InChI=1S/C22H22N4O3/c1-15-12-20(25-22(24-15)17-8-5-9-19(13-17)26(27)28)23-14-18-10-11-29-21(18)16-6-3-2-4-7-16/h2-9,12-13,18,21H,10-11,14H2,1H3,(H,23,24,25). The van der Waals surface area contributed by atoms with Crippen LogP contribution in [0, 0.1) is 23.0 Å². The van der Waals surface area contributed by atoms with Crippen LogP contribution in [0.2, 0.25) is 0 Å². The molecule has 2 heterocycles. The molecule has 0 saturated carbocycles. The summed E-state index contributed by atoms with van der Waals surface area (Å²) in [6, 6.07) is 18.5. The van der Waals surface area contributed by atoms with Gasteiger partial charge >= 0.3 is 0 Å². The molecule has 1 aromatic heterocycles. The summed E-state index contributed by atoms with van der Waals surface area (Å²) in [5.41, 5.74) is 2.63. The number of ether oxygens (including phenoxy) is 1. The average molecular weight is 390 g/mol. The van der Waals surface area contributed by atoms with Gasteiger partial charge in [-0.2, -0.15) is 0 Å². The van der Waals surface area contributed by atoms with Crippen molar-refractivity contribution in [2.75, 3.05) is 18.5 Å². The Morgan fingerprint density at radius 1 is 1.14 bits per heavy atom. The van der Waals surface area contributed by atoms with Crippen LogP contribution >= 0.6 is 0 Å². The number of non-ortho nitro benzene ring substituents is 1. The van der Waals surface area contributed by atoms with Crippen LogP contribution in [0.15, 0.2) is 60.7 Å². The van der Waals surface area contributed by atoms with Crippen molar-refractivity contribution < 1.29 is 9.66 Å². The van der Waals surface area contributed by atoms with Crippen molar-refractivity contribution in [3.05, 3.63) is 82.0 Å². The highest BCUT2D eigenvalue weighted by Crippen LogP contribution is 2.34. The van der Waals surface area contributed by atoms with Gasteiger partial charge in [-0.25, -0.2) is 9.97 Å². The molecule has 2 aromatic carbocycles. The van der Waals surface area contributed by atoms with E-state index in [9.17, 15) is 10.1 Å². The van der Waals surface area contributed by atoms with E-state index in [-0.39, 0.29) is 11.8 Å². The molecule has 0 amide bonds. The lowest BCUT2D eigenvalue weighted by atomic mass is 9.95. The first-order valence-electron chi connectivity index (χ1n) is 9.61. The molecule has 4 rings (SSSR count). The Labute approximate surface area is 168 Å². The molecule has 0 spiro atoms. The number of nitrogens with zero attached hydrogens (tertiary/aromatic N) is 3. The van der Waals surface area contributed by atoms with Gasteiger partial charge in [0.2, 0.25) is 0 Å². The Balaban J connectivity index is 1.51. The normalized spacial score (nSPS) is 18.5. The fourth-order valence-corrected chi connectivity index (χ4v) is 3.64. The van der Waals surface area contributed by atoms with Crippen LogP contribution in [0.25, 0.3) is 11.4 Å². The molecule has 1 N–H and O–H groups in total. The Bertz CT molecular complexity index is 1010. The van der Waals surface area contributed by atoms with Crippen molar-refractivity contribution in [1.82, 2.24) is 9.97 Å². The van der Waals surface area contributed by atoms with Crippen LogP contribution in [0.5, 0.6) is 0 Å². The molecule has 2 atom stereocenters. The number of benzene rings is 2. The first kappa shape index (κ1) is 19.0. The van der Waals surface area contributed by atoms with E-state index >= 15 is 0 Å². The number of nitrogens with one attached hydrogen (secondary N) is 1. The van der Waals surface area contributed by atoms with E-state index in [2.05, 4.69) is 27.4 Å². The third kappa shape index (κ3) is 4.41. The second-order valence-electron chi connectivity index (χ2n) is 7.16. The van der Waals surface area contributed by atoms with Crippen LogP contribution < -0.4 is 5.32 Å². The van der Waals surface area contributed by atoms with E-state index in [1.54, 1.807) is 12.1 Å². The summed E-state index contributed by atoms with van der Waals surface area (Å²) in [4.78, 5) is 19.7. The maximum atomic E-state index is 11.1. The second kappa shape index (κ2) is 8.36. The molecule has 0 bridgehead atoms. The van der Waals surface area contributed by atoms with Gasteiger partial charge in [-0.15, -0.1) is 0 Å². The smallest absolute Gasteiger partial charge is 0.270 e. The lowest BCUT2D eigenvalue weighted by molar-refractivity contribution is -0.384. The Morgan fingerprint density at radius 2 is 1.97 bits per heavy atom.